The van der Waals surface area contributed by atoms with E-state index >= 15 is 0 Å². The van der Waals surface area contributed by atoms with E-state index in [1.807, 2.05) is 34.6 Å². The number of benzene rings is 1. The van der Waals surface area contributed by atoms with Gasteiger partial charge in [-0.25, -0.2) is 4.90 Å². The zero-order chi connectivity index (χ0) is 20.3. The first-order chi connectivity index (χ1) is 12.8. The van der Waals surface area contributed by atoms with E-state index in [-0.39, 0.29) is 10.7 Å². The van der Waals surface area contributed by atoms with E-state index in [2.05, 4.69) is 0 Å². The van der Waals surface area contributed by atoms with Gasteiger partial charge in [-0.05, 0) is 67.4 Å². The van der Waals surface area contributed by atoms with Gasteiger partial charge in [0.2, 0.25) is 0 Å². The van der Waals surface area contributed by atoms with Gasteiger partial charge in [-0.1, -0.05) is 13.8 Å². The molecule has 142 valence electrons. The maximum Gasteiger partial charge on any atom is 0.433 e. The van der Waals surface area contributed by atoms with Crippen LogP contribution in [0, 0.1) is 30.9 Å². The van der Waals surface area contributed by atoms with E-state index in [1.54, 1.807) is 12.1 Å². The van der Waals surface area contributed by atoms with Gasteiger partial charge in [0.1, 0.15) is 10.7 Å². The lowest BCUT2D eigenvalue weighted by Gasteiger charge is -2.16. The number of rotatable bonds is 3. The first-order valence-electron chi connectivity index (χ1n) is 8.38. The lowest BCUT2D eigenvalue weighted by molar-refractivity contribution is -0.402. The summed E-state index contributed by atoms with van der Waals surface area (Å²) in [5.74, 6) is -0.750. The summed E-state index contributed by atoms with van der Waals surface area (Å²) < 4.78 is 5.01. The number of hydrogen-bond donors (Lipinski definition) is 0. The second-order valence-electron chi connectivity index (χ2n) is 5.65. The summed E-state index contributed by atoms with van der Waals surface area (Å²) in [4.78, 5) is 36.2. The number of furan rings is 1. The summed E-state index contributed by atoms with van der Waals surface area (Å²) in [6.07, 6.45) is 1.34. The highest BCUT2D eigenvalue weighted by molar-refractivity contribution is 8.19. The molecular formula is C19H20N2O5S. The summed E-state index contributed by atoms with van der Waals surface area (Å²) in [5, 5.41) is 10.2. The van der Waals surface area contributed by atoms with Gasteiger partial charge in [0.15, 0.2) is 0 Å². The van der Waals surface area contributed by atoms with Crippen molar-refractivity contribution >= 4 is 40.6 Å². The molecule has 1 aliphatic heterocycles. The molecule has 0 aliphatic carbocycles. The van der Waals surface area contributed by atoms with E-state index in [4.69, 9.17) is 4.42 Å². The average molecular weight is 388 g/mol. The van der Waals surface area contributed by atoms with Gasteiger partial charge in [-0.3, -0.25) is 19.7 Å². The second-order valence-corrected chi connectivity index (χ2v) is 6.65. The topological polar surface area (TPSA) is 93.7 Å². The molecular weight excluding hydrogens is 368 g/mol. The number of thioether (sulfide) groups is 1. The van der Waals surface area contributed by atoms with Crippen LogP contribution in [0.4, 0.5) is 16.4 Å². The summed E-state index contributed by atoms with van der Waals surface area (Å²) in [6.45, 7) is 9.82. The van der Waals surface area contributed by atoms with Crippen molar-refractivity contribution in [3.05, 3.63) is 61.7 Å². The Labute approximate surface area is 161 Å². The maximum absolute atomic E-state index is 12.6. The molecule has 3 rings (SSSR count). The molecule has 0 atom stereocenters. The quantitative estimate of drug-likeness (QED) is 0.398. The van der Waals surface area contributed by atoms with Crippen LogP contribution in [0.15, 0.2) is 33.6 Å². The molecule has 0 radical (unpaired) electrons. The molecule has 7 nitrogen and oxygen atoms in total. The van der Waals surface area contributed by atoms with Gasteiger partial charge < -0.3 is 4.42 Å². The van der Waals surface area contributed by atoms with Crippen molar-refractivity contribution in [2.24, 2.45) is 0 Å². The Hall–Kier alpha value is -2.87. The van der Waals surface area contributed by atoms with Gasteiger partial charge in [0.25, 0.3) is 11.1 Å². The van der Waals surface area contributed by atoms with Gasteiger partial charge in [0, 0.05) is 6.08 Å². The Morgan fingerprint density at radius 3 is 2.22 bits per heavy atom. The van der Waals surface area contributed by atoms with Crippen LogP contribution in [0.3, 0.4) is 0 Å². The van der Waals surface area contributed by atoms with Crippen LogP contribution >= 0.6 is 11.8 Å². The number of imide groups is 1. The smallest absolute Gasteiger partial charge is 0.401 e. The van der Waals surface area contributed by atoms with E-state index in [0.29, 0.717) is 5.69 Å². The third-order valence-corrected chi connectivity index (χ3v) is 4.90. The van der Waals surface area contributed by atoms with Crippen molar-refractivity contribution in [2.45, 2.75) is 34.6 Å². The first kappa shape index (κ1) is 20.4. The first-order valence-corrected chi connectivity index (χ1v) is 9.19. The van der Waals surface area contributed by atoms with Crippen LogP contribution in [-0.4, -0.2) is 16.1 Å². The third kappa shape index (κ3) is 4.11. The molecule has 2 amide bonds. The van der Waals surface area contributed by atoms with Gasteiger partial charge in [0.05, 0.1) is 16.7 Å². The molecule has 27 heavy (non-hydrogen) atoms. The van der Waals surface area contributed by atoms with Crippen LogP contribution in [0.2, 0.25) is 0 Å². The van der Waals surface area contributed by atoms with E-state index in [1.165, 1.54) is 18.2 Å². The number of anilines is 1. The molecule has 2 heterocycles. The fourth-order valence-electron chi connectivity index (χ4n) is 2.48. The number of carbonyl (C=O) groups is 2. The number of hydrogen-bond acceptors (Lipinski definition) is 6. The number of nitrogens with zero attached hydrogens (tertiary/aromatic N) is 2. The molecule has 1 fully saturated rings. The van der Waals surface area contributed by atoms with E-state index < -0.39 is 22.0 Å². The molecule has 0 bridgehead atoms. The lowest BCUT2D eigenvalue weighted by Crippen LogP contribution is -2.27. The number of carbonyl (C=O) groups excluding carboxylic acids is 2. The lowest BCUT2D eigenvalue weighted by atomic mass is 10.0. The zero-order valence-corrected chi connectivity index (χ0v) is 16.5. The van der Waals surface area contributed by atoms with Crippen molar-refractivity contribution in [3.8, 4) is 0 Å². The Morgan fingerprint density at radius 1 is 1.11 bits per heavy atom. The largest absolute Gasteiger partial charge is 0.433 e. The Balaban J connectivity index is 0.00000126. The Bertz CT molecular complexity index is 922. The Kier molecular flexibility index (Phi) is 6.22. The van der Waals surface area contributed by atoms with Gasteiger partial charge in [-0.15, -0.1) is 0 Å². The average Bonchev–Trinajstić information content (AvgIpc) is 3.19. The van der Waals surface area contributed by atoms with Gasteiger partial charge >= 0.3 is 5.88 Å². The van der Waals surface area contributed by atoms with Crippen molar-refractivity contribution < 1.29 is 18.9 Å². The minimum absolute atomic E-state index is 0.147. The molecule has 0 unspecified atom stereocenters. The number of nitro groups is 1. The van der Waals surface area contributed by atoms with Crippen LogP contribution in [-0.2, 0) is 4.79 Å². The third-order valence-electron chi connectivity index (χ3n) is 4.03. The number of aryl methyl sites for hydroxylation is 2. The zero-order valence-electron chi connectivity index (χ0n) is 15.7. The molecule has 0 N–H and O–H groups in total. The molecule has 2 aromatic rings. The molecule has 0 spiro atoms. The van der Waals surface area contributed by atoms with Crippen LogP contribution < -0.4 is 4.90 Å². The molecule has 0 saturated carbocycles. The molecule has 1 aliphatic rings. The SMILES string of the molecule is CC.Cc1cc(N2C(=O)S/C(=C\c3ccc([N+](=O)[O-])o3)C2=O)cc(C)c1C. The second kappa shape index (κ2) is 8.22. The molecule has 1 saturated heterocycles. The predicted octanol–water partition coefficient (Wildman–Crippen LogP) is 5.38. The predicted molar refractivity (Wildman–Crippen MR) is 106 cm³/mol. The monoisotopic (exact) mass is 388 g/mol. The van der Waals surface area contributed by atoms with Crippen LogP contribution in [0.1, 0.15) is 36.3 Å². The minimum atomic E-state index is -0.666. The normalized spacial score (nSPS) is 15.1. The molecule has 1 aromatic carbocycles. The van der Waals surface area contributed by atoms with Crippen molar-refractivity contribution in [1.82, 2.24) is 0 Å². The van der Waals surface area contributed by atoms with Gasteiger partial charge in [-0.2, -0.15) is 0 Å². The minimum Gasteiger partial charge on any atom is -0.401 e. The summed E-state index contributed by atoms with van der Waals surface area (Å²) >= 11 is 0.774. The van der Waals surface area contributed by atoms with Crippen molar-refractivity contribution in [2.75, 3.05) is 4.90 Å². The fraction of sp³-hybridized carbons (Fsp3) is 0.263. The van der Waals surface area contributed by atoms with E-state index in [0.717, 1.165) is 33.4 Å². The highest BCUT2D eigenvalue weighted by atomic mass is 32.2. The van der Waals surface area contributed by atoms with Crippen LogP contribution in [0.5, 0.6) is 0 Å². The van der Waals surface area contributed by atoms with Crippen molar-refractivity contribution in [1.29, 1.82) is 0 Å². The Morgan fingerprint density at radius 2 is 1.70 bits per heavy atom. The van der Waals surface area contributed by atoms with E-state index in [9.17, 15) is 19.7 Å². The molecule has 1 aromatic heterocycles. The standard InChI is InChI=1S/C17H14N2O5S.C2H6/c1-9-6-12(7-10(2)11(9)3)18-16(20)14(25-17(18)21)8-13-4-5-15(24-13)19(22)23;1-2/h4-8H,1-3H3;1-2H3/b14-8-;. The van der Waals surface area contributed by atoms with Crippen LogP contribution in [0.25, 0.3) is 6.08 Å². The van der Waals surface area contributed by atoms with Crippen molar-refractivity contribution in [3.63, 3.8) is 0 Å². The fourth-order valence-corrected chi connectivity index (χ4v) is 3.30. The summed E-state index contributed by atoms with van der Waals surface area (Å²) in [7, 11) is 0. The highest BCUT2D eigenvalue weighted by Gasteiger charge is 2.37. The maximum atomic E-state index is 12.6. The summed E-state index contributed by atoms with van der Waals surface area (Å²) in [6, 6.07) is 6.16. The molecule has 8 heteroatoms. The highest BCUT2D eigenvalue weighted by Crippen LogP contribution is 2.37. The number of amides is 2. The summed E-state index contributed by atoms with van der Waals surface area (Å²) in [5.41, 5.74) is 3.59.